The summed E-state index contributed by atoms with van der Waals surface area (Å²) < 4.78 is 6.06. The summed E-state index contributed by atoms with van der Waals surface area (Å²) in [5.74, 6) is 0.763. The van der Waals surface area contributed by atoms with Gasteiger partial charge in [-0.25, -0.2) is 4.98 Å². The highest BCUT2D eigenvalue weighted by molar-refractivity contribution is 9.10. The number of rotatable bonds is 3. The standard InChI is InChI=1S/C16H13BrN2O2/c1-21-15-7-6-10(8-11(15)17)9-14-16(20)19-13-5-3-2-4-12(13)18-14/h2-8H,9H2,1H3,(H,19,20). The second kappa shape index (κ2) is 5.69. The summed E-state index contributed by atoms with van der Waals surface area (Å²) >= 11 is 3.45. The Morgan fingerprint density at radius 1 is 1.24 bits per heavy atom. The van der Waals surface area contributed by atoms with Gasteiger partial charge in [0.15, 0.2) is 0 Å². The van der Waals surface area contributed by atoms with Gasteiger partial charge in [-0.3, -0.25) is 4.79 Å². The first-order chi connectivity index (χ1) is 10.2. The van der Waals surface area contributed by atoms with Crippen LogP contribution in [0.5, 0.6) is 5.75 Å². The zero-order valence-corrected chi connectivity index (χ0v) is 13.0. The van der Waals surface area contributed by atoms with Gasteiger partial charge in [-0.1, -0.05) is 18.2 Å². The van der Waals surface area contributed by atoms with Gasteiger partial charge in [0.05, 0.1) is 22.6 Å². The molecule has 0 unspecified atom stereocenters. The lowest BCUT2D eigenvalue weighted by molar-refractivity contribution is 0.412. The monoisotopic (exact) mass is 344 g/mol. The lowest BCUT2D eigenvalue weighted by Gasteiger charge is -2.06. The minimum absolute atomic E-state index is 0.152. The van der Waals surface area contributed by atoms with Crippen LogP contribution in [0.2, 0.25) is 0 Å². The summed E-state index contributed by atoms with van der Waals surface area (Å²) in [5.41, 5.74) is 2.89. The Morgan fingerprint density at radius 3 is 2.81 bits per heavy atom. The van der Waals surface area contributed by atoms with E-state index in [0.717, 1.165) is 26.8 Å². The number of nitrogens with zero attached hydrogens (tertiary/aromatic N) is 1. The Labute approximate surface area is 129 Å². The molecular weight excluding hydrogens is 332 g/mol. The number of halogens is 1. The molecule has 0 aliphatic heterocycles. The maximum absolute atomic E-state index is 12.1. The van der Waals surface area contributed by atoms with Gasteiger partial charge in [0.1, 0.15) is 11.4 Å². The molecule has 3 rings (SSSR count). The molecule has 106 valence electrons. The molecule has 1 heterocycles. The Morgan fingerprint density at radius 2 is 2.05 bits per heavy atom. The third kappa shape index (κ3) is 2.83. The molecule has 0 spiro atoms. The third-order valence-corrected chi connectivity index (χ3v) is 3.88. The minimum Gasteiger partial charge on any atom is -0.496 e. The first-order valence-electron chi connectivity index (χ1n) is 6.48. The van der Waals surface area contributed by atoms with Crippen LogP contribution in [-0.2, 0) is 6.42 Å². The van der Waals surface area contributed by atoms with Crippen molar-refractivity contribution in [2.24, 2.45) is 0 Å². The largest absolute Gasteiger partial charge is 0.496 e. The maximum Gasteiger partial charge on any atom is 0.270 e. The number of nitrogens with one attached hydrogen (secondary N) is 1. The quantitative estimate of drug-likeness (QED) is 0.793. The van der Waals surface area contributed by atoms with Crippen LogP contribution >= 0.6 is 15.9 Å². The summed E-state index contributed by atoms with van der Waals surface area (Å²) in [6.45, 7) is 0. The fourth-order valence-electron chi connectivity index (χ4n) is 2.20. The van der Waals surface area contributed by atoms with Crippen LogP contribution in [0.3, 0.4) is 0 Å². The Bertz CT molecular complexity index is 858. The van der Waals surface area contributed by atoms with E-state index in [4.69, 9.17) is 4.74 Å². The molecule has 0 saturated carbocycles. The number of hydrogen-bond donors (Lipinski definition) is 1. The zero-order chi connectivity index (χ0) is 14.8. The van der Waals surface area contributed by atoms with Gasteiger partial charge in [0, 0.05) is 6.42 Å². The van der Waals surface area contributed by atoms with E-state index in [1.165, 1.54) is 0 Å². The highest BCUT2D eigenvalue weighted by atomic mass is 79.9. The molecule has 0 aliphatic carbocycles. The molecule has 5 heteroatoms. The van der Waals surface area contributed by atoms with Gasteiger partial charge < -0.3 is 9.72 Å². The molecule has 0 saturated heterocycles. The Kier molecular flexibility index (Phi) is 3.75. The average Bonchev–Trinajstić information content (AvgIpc) is 2.48. The second-order valence-electron chi connectivity index (χ2n) is 4.68. The number of fused-ring (bicyclic) bond motifs is 1. The van der Waals surface area contributed by atoms with Crippen molar-refractivity contribution >= 4 is 27.0 Å². The van der Waals surface area contributed by atoms with Crippen molar-refractivity contribution in [1.82, 2.24) is 9.97 Å². The highest BCUT2D eigenvalue weighted by Gasteiger charge is 2.08. The van der Waals surface area contributed by atoms with E-state index in [9.17, 15) is 4.79 Å². The minimum atomic E-state index is -0.152. The number of para-hydroxylation sites is 2. The molecule has 1 N–H and O–H groups in total. The van der Waals surface area contributed by atoms with Crippen molar-refractivity contribution in [3.05, 3.63) is 68.5 Å². The summed E-state index contributed by atoms with van der Waals surface area (Å²) in [4.78, 5) is 19.4. The molecule has 0 atom stereocenters. The SMILES string of the molecule is COc1ccc(Cc2nc3ccccc3[nH]c2=O)cc1Br. The van der Waals surface area contributed by atoms with E-state index >= 15 is 0 Å². The average molecular weight is 345 g/mol. The lowest BCUT2D eigenvalue weighted by Crippen LogP contribution is -2.15. The molecular formula is C16H13BrN2O2. The predicted octanol–water partition coefficient (Wildman–Crippen LogP) is 3.29. The van der Waals surface area contributed by atoms with E-state index in [1.54, 1.807) is 7.11 Å². The van der Waals surface area contributed by atoms with Crippen LogP contribution in [0.25, 0.3) is 11.0 Å². The van der Waals surface area contributed by atoms with Crippen LogP contribution in [0.1, 0.15) is 11.3 Å². The van der Waals surface area contributed by atoms with E-state index < -0.39 is 0 Å². The first kappa shape index (κ1) is 13.8. The highest BCUT2D eigenvalue weighted by Crippen LogP contribution is 2.26. The van der Waals surface area contributed by atoms with Crippen LogP contribution < -0.4 is 10.3 Å². The van der Waals surface area contributed by atoms with Gasteiger partial charge in [0.2, 0.25) is 0 Å². The summed E-state index contributed by atoms with van der Waals surface area (Å²) in [6.07, 6.45) is 0.475. The zero-order valence-electron chi connectivity index (χ0n) is 11.4. The molecule has 21 heavy (non-hydrogen) atoms. The Balaban J connectivity index is 1.99. The van der Waals surface area contributed by atoms with Crippen molar-refractivity contribution < 1.29 is 4.74 Å². The third-order valence-electron chi connectivity index (χ3n) is 3.26. The normalized spacial score (nSPS) is 10.8. The van der Waals surface area contributed by atoms with E-state index in [0.29, 0.717) is 12.1 Å². The number of aromatic amines is 1. The van der Waals surface area contributed by atoms with Crippen LogP contribution in [0, 0.1) is 0 Å². The Hall–Kier alpha value is -2.14. The molecule has 0 radical (unpaired) electrons. The van der Waals surface area contributed by atoms with Crippen molar-refractivity contribution in [3.63, 3.8) is 0 Å². The number of ether oxygens (including phenoxy) is 1. The van der Waals surface area contributed by atoms with Crippen LogP contribution in [-0.4, -0.2) is 17.1 Å². The molecule has 2 aromatic carbocycles. The predicted molar refractivity (Wildman–Crippen MR) is 85.9 cm³/mol. The van der Waals surface area contributed by atoms with Crippen molar-refractivity contribution in [2.45, 2.75) is 6.42 Å². The number of hydrogen-bond acceptors (Lipinski definition) is 3. The number of aromatic nitrogens is 2. The van der Waals surface area contributed by atoms with Crippen molar-refractivity contribution in [2.75, 3.05) is 7.11 Å². The summed E-state index contributed by atoms with van der Waals surface area (Å²) in [5, 5.41) is 0. The maximum atomic E-state index is 12.1. The first-order valence-corrected chi connectivity index (χ1v) is 7.27. The number of H-pyrrole nitrogens is 1. The molecule has 0 fully saturated rings. The fraction of sp³-hybridized carbons (Fsp3) is 0.125. The van der Waals surface area contributed by atoms with Gasteiger partial charge in [-0.05, 0) is 45.8 Å². The van der Waals surface area contributed by atoms with Crippen molar-refractivity contribution in [3.8, 4) is 5.75 Å². The van der Waals surface area contributed by atoms with E-state index in [-0.39, 0.29) is 5.56 Å². The second-order valence-corrected chi connectivity index (χ2v) is 5.53. The number of benzene rings is 2. The smallest absolute Gasteiger partial charge is 0.270 e. The van der Waals surface area contributed by atoms with E-state index in [1.807, 2.05) is 42.5 Å². The number of methoxy groups -OCH3 is 1. The molecule has 1 aromatic heterocycles. The van der Waals surface area contributed by atoms with E-state index in [2.05, 4.69) is 25.9 Å². The van der Waals surface area contributed by atoms with Crippen LogP contribution in [0.4, 0.5) is 0 Å². The molecule has 0 amide bonds. The fourth-order valence-corrected chi connectivity index (χ4v) is 2.79. The molecule has 0 aliphatic rings. The van der Waals surface area contributed by atoms with Crippen LogP contribution in [0.15, 0.2) is 51.7 Å². The summed E-state index contributed by atoms with van der Waals surface area (Å²) in [7, 11) is 1.62. The lowest BCUT2D eigenvalue weighted by atomic mass is 10.1. The topological polar surface area (TPSA) is 55.0 Å². The molecule has 4 nitrogen and oxygen atoms in total. The van der Waals surface area contributed by atoms with Gasteiger partial charge in [-0.2, -0.15) is 0 Å². The van der Waals surface area contributed by atoms with Gasteiger partial charge in [-0.15, -0.1) is 0 Å². The molecule has 3 aromatic rings. The van der Waals surface area contributed by atoms with Gasteiger partial charge in [0.25, 0.3) is 5.56 Å². The van der Waals surface area contributed by atoms with Crippen molar-refractivity contribution in [1.29, 1.82) is 0 Å². The van der Waals surface area contributed by atoms with Gasteiger partial charge >= 0.3 is 0 Å². The molecule has 0 bridgehead atoms. The summed E-state index contributed by atoms with van der Waals surface area (Å²) in [6, 6.07) is 13.3.